The predicted molar refractivity (Wildman–Crippen MR) is 118 cm³/mol. The molecule has 0 saturated carbocycles. The molecule has 0 aliphatic heterocycles. The lowest BCUT2D eigenvalue weighted by molar-refractivity contribution is -0.144. The molecule has 3 aromatic rings. The van der Waals surface area contributed by atoms with Crippen molar-refractivity contribution in [3.8, 4) is 11.5 Å². The van der Waals surface area contributed by atoms with Crippen LogP contribution in [0.2, 0.25) is 0 Å². The summed E-state index contributed by atoms with van der Waals surface area (Å²) in [6, 6.07) is 19.0. The Bertz CT molecular complexity index is 1040. The van der Waals surface area contributed by atoms with Crippen molar-refractivity contribution >= 4 is 11.8 Å². The number of aromatic nitrogens is 1. The average Bonchev–Trinajstić information content (AvgIpc) is 3.06. The van der Waals surface area contributed by atoms with Crippen LogP contribution < -0.4 is 9.47 Å². The minimum Gasteiger partial charge on any atom is -0.490 e. The van der Waals surface area contributed by atoms with Gasteiger partial charge in [0.2, 0.25) is 5.78 Å². The third-order valence-electron chi connectivity index (χ3n) is 4.92. The van der Waals surface area contributed by atoms with E-state index in [0.29, 0.717) is 30.2 Å². The number of para-hydroxylation sites is 2. The Hall–Kier alpha value is -3.54. The minimum atomic E-state index is -0.613. The third kappa shape index (κ3) is 5.75. The molecule has 1 aromatic heterocycles. The van der Waals surface area contributed by atoms with Gasteiger partial charge in [0, 0.05) is 23.5 Å². The summed E-state index contributed by atoms with van der Waals surface area (Å²) in [6.45, 7) is 6.27. The molecule has 0 aliphatic rings. The van der Waals surface area contributed by atoms with Gasteiger partial charge in [0.05, 0.1) is 6.61 Å². The molecule has 3 rings (SSSR count). The predicted octanol–water partition coefficient (Wildman–Crippen LogP) is 4.36. The standard InChI is InChI=1S/C25H27NO5/c1-4-29-23-12-8-9-13-24(23)30-17-25(28)31-16-22(27)21-14-18(2)26(19(21)3)15-20-10-6-5-7-11-20/h5-14H,4,15-17H2,1-3H3. The third-order valence-corrected chi connectivity index (χ3v) is 4.92. The lowest BCUT2D eigenvalue weighted by atomic mass is 10.1. The first-order chi connectivity index (χ1) is 15.0. The van der Waals surface area contributed by atoms with Crippen molar-refractivity contribution in [2.75, 3.05) is 19.8 Å². The molecule has 0 saturated heterocycles. The van der Waals surface area contributed by atoms with E-state index in [4.69, 9.17) is 14.2 Å². The number of ether oxygens (including phenoxy) is 3. The van der Waals surface area contributed by atoms with Crippen LogP contribution in [0.15, 0.2) is 60.7 Å². The molecule has 0 unspecified atom stereocenters. The van der Waals surface area contributed by atoms with Gasteiger partial charge in [0.15, 0.2) is 24.7 Å². The number of rotatable bonds is 10. The van der Waals surface area contributed by atoms with Gasteiger partial charge in [-0.3, -0.25) is 4.79 Å². The van der Waals surface area contributed by atoms with E-state index in [-0.39, 0.29) is 19.0 Å². The van der Waals surface area contributed by atoms with Gasteiger partial charge < -0.3 is 18.8 Å². The van der Waals surface area contributed by atoms with E-state index >= 15 is 0 Å². The summed E-state index contributed by atoms with van der Waals surface area (Å²) in [4.78, 5) is 24.7. The Morgan fingerprint density at radius 3 is 2.19 bits per heavy atom. The van der Waals surface area contributed by atoms with Gasteiger partial charge in [0.25, 0.3) is 0 Å². The quantitative estimate of drug-likeness (QED) is 0.360. The van der Waals surface area contributed by atoms with Crippen molar-refractivity contribution in [2.45, 2.75) is 27.3 Å². The van der Waals surface area contributed by atoms with Crippen molar-refractivity contribution in [3.63, 3.8) is 0 Å². The Kier molecular flexibility index (Phi) is 7.49. The van der Waals surface area contributed by atoms with Crippen LogP contribution in [0.4, 0.5) is 0 Å². The van der Waals surface area contributed by atoms with E-state index < -0.39 is 5.97 Å². The molecule has 0 bridgehead atoms. The number of carbonyl (C=O) groups is 2. The first-order valence-corrected chi connectivity index (χ1v) is 10.2. The number of Topliss-reactive ketones (excluding diaryl/α,β-unsaturated/α-hetero) is 1. The molecule has 0 spiro atoms. The van der Waals surface area contributed by atoms with E-state index in [9.17, 15) is 9.59 Å². The number of hydrogen-bond donors (Lipinski definition) is 0. The lowest BCUT2D eigenvalue weighted by Crippen LogP contribution is -2.20. The number of hydrogen-bond acceptors (Lipinski definition) is 5. The summed E-state index contributed by atoms with van der Waals surface area (Å²) in [5.41, 5.74) is 3.54. The van der Waals surface area contributed by atoms with Gasteiger partial charge in [0.1, 0.15) is 0 Å². The highest BCUT2D eigenvalue weighted by atomic mass is 16.6. The summed E-state index contributed by atoms with van der Waals surface area (Å²) in [7, 11) is 0. The van der Waals surface area contributed by atoms with Crippen LogP contribution in [0.1, 0.15) is 34.2 Å². The van der Waals surface area contributed by atoms with Crippen molar-refractivity contribution in [3.05, 3.63) is 83.2 Å². The van der Waals surface area contributed by atoms with Crippen LogP contribution >= 0.6 is 0 Å². The van der Waals surface area contributed by atoms with E-state index in [1.807, 2.05) is 63.2 Å². The summed E-state index contributed by atoms with van der Waals surface area (Å²) >= 11 is 0. The fraction of sp³-hybridized carbons (Fsp3) is 0.280. The molecule has 0 atom stereocenters. The van der Waals surface area contributed by atoms with Gasteiger partial charge in [-0.15, -0.1) is 0 Å². The van der Waals surface area contributed by atoms with Crippen LogP contribution in [0, 0.1) is 13.8 Å². The first-order valence-electron chi connectivity index (χ1n) is 10.2. The summed E-state index contributed by atoms with van der Waals surface area (Å²) < 4.78 is 18.2. The monoisotopic (exact) mass is 421 g/mol. The highest BCUT2D eigenvalue weighted by Gasteiger charge is 2.18. The molecule has 6 heteroatoms. The van der Waals surface area contributed by atoms with E-state index in [1.54, 1.807) is 18.2 Å². The number of aryl methyl sites for hydroxylation is 1. The first kappa shape index (κ1) is 22.2. The van der Waals surface area contributed by atoms with E-state index in [0.717, 1.165) is 17.0 Å². The number of carbonyl (C=O) groups excluding carboxylic acids is 2. The number of nitrogens with zero attached hydrogens (tertiary/aromatic N) is 1. The SMILES string of the molecule is CCOc1ccccc1OCC(=O)OCC(=O)c1cc(C)n(Cc2ccccc2)c1C. The fourth-order valence-electron chi connectivity index (χ4n) is 3.34. The molecular formula is C25H27NO5. The minimum absolute atomic E-state index is 0.240. The molecule has 0 amide bonds. The molecule has 0 aliphatic carbocycles. The highest BCUT2D eigenvalue weighted by Crippen LogP contribution is 2.26. The zero-order chi connectivity index (χ0) is 22.2. The number of esters is 1. The smallest absolute Gasteiger partial charge is 0.344 e. The Balaban J connectivity index is 1.56. The summed E-state index contributed by atoms with van der Waals surface area (Å²) in [5, 5.41) is 0. The molecule has 6 nitrogen and oxygen atoms in total. The van der Waals surface area contributed by atoms with Crippen LogP contribution in [-0.4, -0.2) is 36.1 Å². The summed E-state index contributed by atoms with van der Waals surface area (Å²) in [5.74, 6) is 0.157. The zero-order valence-electron chi connectivity index (χ0n) is 18.1. The molecule has 1 heterocycles. The Morgan fingerprint density at radius 1 is 0.871 bits per heavy atom. The maximum atomic E-state index is 12.7. The normalized spacial score (nSPS) is 10.5. The van der Waals surface area contributed by atoms with E-state index in [2.05, 4.69) is 4.57 Å². The maximum absolute atomic E-state index is 12.7. The van der Waals surface area contributed by atoms with E-state index in [1.165, 1.54) is 0 Å². The van der Waals surface area contributed by atoms with Crippen LogP contribution in [0.25, 0.3) is 0 Å². The second-order valence-electron chi connectivity index (χ2n) is 7.11. The molecule has 0 radical (unpaired) electrons. The average molecular weight is 421 g/mol. The highest BCUT2D eigenvalue weighted by molar-refractivity contribution is 5.99. The van der Waals surface area contributed by atoms with Crippen molar-refractivity contribution in [1.29, 1.82) is 0 Å². The molecule has 2 aromatic carbocycles. The molecule has 0 fully saturated rings. The van der Waals surface area contributed by atoms with Gasteiger partial charge >= 0.3 is 5.97 Å². The number of benzene rings is 2. The van der Waals surface area contributed by atoms with Crippen LogP contribution in [0.3, 0.4) is 0 Å². The molecule has 31 heavy (non-hydrogen) atoms. The topological polar surface area (TPSA) is 66.8 Å². The number of ketones is 1. The maximum Gasteiger partial charge on any atom is 0.344 e. The summed E-state index contributed by atoms with van der Waals surface area (Å²) in [6.07, 6.45) is 0. The van der Waals surface area contributed by atoms with Crippen molar-refractivity contribution in [2.24, 2.45) is 0 Å². The zero-order valence-corrected chi connectivity index (χ0v) is 18.1. The van der Waals surface area contributed by atoms with Crippen LogP contribution in [0.5, 0.6) is 11.5 Å². The second-order valence-corrected chi connectivity index (χ2v) is 7.11. The van der Waals surface area contributed by atoms with Gasteiger partial charge in [-0.1, -0.05) is 42.5 Å². The van der Waals surface area contributed by atoms with Crippen molar-refractivity contribution in [1.82, 2.24) is 4.57 Å². The van der Waals surface area contributed by atoms with Gasteiger partial charge in [-0.25, -0.2) is 4.79 Å². The largest absolute Gasteiger partial charge is 0.490 e. The fourth-order valence-corrected chi connectivity index (χ4v) is 3.34. The van der Waals surface area contributed by atoms with Crippen LogP contribution in [-0.2, 0) is 16.1 Å². The van der Waals surface area contributed by atoms with Gasteiger partial charge in [-0.05, 0) is 44.5 Å². The lowest BCUT2D eigenvalue weighted by Gasteiger charge is -2.11. The van der Waals surface area contributed by atoms with Gasteiger partial charge in [-0.2, -0.15) is 0 Å². The second kappa shape index (κ2) is 10.5. The Labute approximate surface area is 182 Å². The Morgan fingerprint density at radius 2 is 1.52 bits per heavy atom. The van der Waals surface area contributed by atoms with Crippen molar-refractivity contribution < 1.29 is 23.8 Å². The molecule has 0 N–H and O–H groups in total. The molecule has 162 valence electrons. The molecular weight excluding hydrogens is 394 g/mol.